The van der Waals surface area contributed by atoms with Crippen molar-refractivity contribution < 1.29 is 38.1 Å². The van der Waals surface area contributed by atoms with Gasteiger partial charge in [0.25, 0.3) is 0 Å². The Morgan fingerprint density at radius 3 is 0.684 bits per heavy atom. The second-order valence-electron chi connectivity index (χ2n) is 18.2. The van der Waals surface area contributed by atoms with Gasteiger partial charge in [0.1, 0.15) is 26.4 Å². The zero-order valence-corrected chi connectivity index (χ0v) is 44.3. The quantitative estimate of drug-likeness (QED) is 0.0354. The van der Waals surface area contributed by atoms with Crippen molar-refractivity contribution in [2.24, 2.45) is 0 Å². The fraction of sp³-hybridized carbons (Fsp3) is 0.188. The van der Waals surface area contributed by atoms with Crippen LogP contribution in [0, 0.1) is 0 Å². The minimum atomic E-state index is -0.971. The number of hydrogen-bond donors (Lipinski definition) is 0. The number of rotatable bonds is 23. The summed E-state index contributed by atoms with van der Waals surface area (Å²) in [6, 6.07) is 68.0. The first-order valence-corrected chi connectivity index (χ1v) is 26.5. The summed E-state index contributed by atoms with van der Waals surface area (Å²) in [5.74, 6) is -2.69. The minimum Gasteiger partial charge on any atom is -0.459 e. The van der Waals surface area contributed by atoms with Crippen molar-refractivity contribution in [1.82, 2.24) is 0 Å². The van der Waals surface area contributed by atoms with Gasteiger partial charge in [-0.25, -0.2) is 0 Å². The molecule has 0 saturated heterocycles. The van der Waals surface area contributed by atoms with Crippen molar-refractivity contribution in [3.05, 3.63) is 285 Å². The molecule has 0 aliphatic rings. The van der Waals surface area contributed by atoms with Crippen LogP contribution >= 0.6 is 46.4 Å². The Labute approximate surface area is 463 Å². The monoisotopic (exact) mass is 1090 g/mol. The van der Waals surface area contributed by atoms with Crippen LogP contribution in [0.25, 0.3) is 0 Å². The van der Waals surface area contributed by atoms with Crippen LogP contribution in [0.1, 0.15) is 113 Å². The van der Waals surface area contributed by atoms with Crippen LogP contribution in [0.2, 0.25) is 0 Å². The number of alkyl halides is 4. The molecule has 8 aromatic rings. The van der Waals surface area contributed by atoms with Gasteiger partial charge in [-0.3, -0.25) is 19.2 Å². The highest BCUT2D eigenvalue weighted by Crippen LogP contribution is 2.38. The van der Waals surface area contributed by atoms with E-state index in [1.54, 1.807) is 48.5 Å². The Morgan fingerprint density at radius 2 is 0.474 bits per heavy atom. The van der Waals surface area contributed by atoms with Gasteiger partial charge in [-0.05, 0) is 79.6 Å². The highest BCUT2D eigenvalue weighted by Gasteiger charge is 2.26. The second kappa shape index (κ2) is 27.5. The highest BCUT2D eigenvalue weighted by atomic mass is 35.5. The number of carbonyl (C=O) groups is 4. The highest BCUT2D eigenvalue weighted by molar-refractivity contribution is 6.31. The lowest BCUT2D eigenvalue weighted by Gasteiger charge is -2.25. The molecule has 0 amide bonds. The van der Waals surface area contributed by atoms with E-state index in [4.69, 9.17) is 65.4 Å². The fourth-order valence-corrected chi connectivity index (χ4v) is 9.76. The van der Waals surface area contributed by atoms with E-state index in [0.29, 0.717) is 35.1 Å². The van der Waals surface area contributed by atoms with Crippen LogP contribution in [-0.4, -0.2) is 23.9 Å². The van der Waals surface area contributed by atoms with Crippen molar-refractivity contribution in [2.45, 2.75) is 72.6 Å². The van der Waals surface area contributed by atoms with Crippen LogP contribution in [-0.2, 0) is 64.6 Å². The summed E-state index contributed by atoms with van der Waals surface area (Å²) in [4.78, 5) is 52.8. The topological polar surface area (TPSA) is 105 Å². The Morgan fingerprint density at radius 1 is 0.276 bits per heavy atom. The normalized spacial score (nSPS) is 13.5. The molecule has 12 heteroatoms. The summed E-state index contributed by atoms with van der Waals surface area (Å²) >= 11 is 26.2. The summed E-state index contributed by atoms with van der Waals surface area (Å²) in [5.41, 5.74) is 9.48. The van der Waals surface area contributed by atoms with Crippen molar-refractivity contribution in [3.63, 3.8) is 0 Å². The number of esters is 4. The Balaban J connectivity index is 1.09. The molecule has 0 fully saturated rings. The molecule has 0 N–H and O–H groups in total. The minimum absolute atomic E-state index is 0.00453. The average Bonchev–Trinajstić information content (AvgIpc) is 3.48. The maximum atomic E-state index is 13.2. The Kier molecular flexibility index (Phi) is 20.0. The van der Waals surface area contributed by atoms with Crippen molar-refractivity contribution in [3.8, 4) is 0 Å². The molecule has 386 valence electrons. The SMILES string of the molecule is O=C(OCc1cccc(C(CCC(c2cccc(COC(=O)C(Cl)c3ccccc3)c2)c2cccc(COC(=O)C(Cl)c3ccccc3)c2)c2cccc(COC(=O)C(Cl)c3ccccc3)c2)c1)C(Cl)c1ccccc1. The van der Waals surface area contributed by atoms with Gasteiger partial charge in [0, 0.05) is 11.8 Å². The Hall–Kier alpha value is -7.20. The summed E-state index contributed by atoms with van der Waals surface area (Å²) in [6.45, 7) is -0.0181. The van der Waals surface area contributed by atoms with E-state index in [9.17, 15) is 19.2 Å². The summed E-state index contributed by atoms with van der Waals surface area (Å²) < 4.78 is 23.1. The molecular weight excluding hydrogens is 1040 g/mol. The summed E-state index contributed by atoms with van der Waals surface area (Å²) in [6.07, 6.45) is 1.20. The van der Waals surface area contributed by atoms with E-state index in [2.05, 4.69) is 0 Å². The zero-order valence-electron chi connectivity index (χ0n) is 41.3. The van der Waals surface area contributed by atoms with Crippen LogP contribution in [0.5, 0.6) is 0 Å². The van der Waals surface area contributed by atoms with E-state index < -0.39 is 45.4 Å². The lowest BCUT2D eigenvalue weighted by molar-refractivity contribution is -0.145. The van der Waals surface area contributed by atoms with Gasteiger partial charge in [0.15, 0.2) is 21.5 Å². The first-order valence-electron chi connectivity index (χ1n) is 24.8. The number of carbonyl (C=O) groups excluding carboxylic acids is 4. The van der Waals surface area contributed by atoms with E-state index in [1.165, 1.54) is 0 Å². The van der Waals surface area contributed by atoms with Gasteiger partial charge in [-0.2, -0.15) is 0 Å². The summed E-state index contributed by atoms with van der Waals surface area (Å²) in [5, 5.41) is -3.88. The van der Waals surface area contributed by atoms with Crippen LogP contribution in [0.4, 0.5) is 0 Å². The number of hydrogen-bond acceptors (Lipinski definition) is 8. The molecule has 0 bridgehead atoms. The third-order valence-electron chi connectivity index (χ3n) is 12.9. The molecule has 4 unspecified atom stereocenters. The lowest BCUT2D eigenvalue weighted by atomic mass is 9.80. The molecule has 0 saturated carbocycles. The molecule has 76 heavy (non-hydrogen) atoms. The van der Waals surface area contributed by atoms with Gasteiger partial charge < -0.3 is 18.9 Å². The molecule has 0 spiro atoms. The van der Waals surface area contributed by atoms with Crippen molar-refractivity contribution in [2.75, 3.05) is 0 Å². The van der Waals surface area contributed by atoms with E-state index >= 15 is 0 Å². The first kappa shape index (κ1) is 55.0. The fourth-order valence-electron chi connectivity index (χ4n) is 8.93. The largest absolute Gasteiger partial charge is 0.459 e. The van der Waals surface area contributed by atoms with E-state index in [-0.39, 0.29) is 38.3 Å². The third kappa shape index (κ3) is 15.2. The summed E-state index contributed by atoms with van der Waals surface area (Å²) in [7, 11) is 0. The predicted octanol–water partition coefficient (Wildman–Crippen LogP) is 15.5. The van der Waals surface area contributed by atoms with Crippen molar-refractivity contribution >= 4 is 70.3 Å². The lowest BCUT2D eigenvalue weighted by Crippen LogP contribution is -2.13. The third-order valence-corrected chi connectivity index (χ3v) is 14.6. The van der Waals surface area contributed by atoms with Gasteiger partial charge in [-0.15, -0.1) is 46.4 Å². The molecule has 0 radical (unpaired) electrons. The molecule has 0 heterocycles. The van der Waals surface area contributed by atoms with Gasteiger partial charge in [0.2, 0.25) is 0 Å². The van der Waals surface area contributed by atoms with Crippen LogP contribution in [0.3, 0.4) is 0 Å². The average molecular weight is 1090 g/mol. The predicted molar refractivity (Wildman–Crippen MR) is 298 cm³/mol. The molecule has 0 aliphatic carbocycles. The number of halogens is 4. The smallest absolute Gasteiger partial charge is 0.328 e. The Bertz CT molecular complexity index is 2750. The molecule has 4 atom stereocenters. The second-order valence-corrected chi connectivity index (χ2v) is 19.9. The van der Waals surface area contributed by atoms with Crippen LogP contribution in [0.15, 0.2) is 218 Å². The molecule has 8 rings (SSSR count). The number of ether oxygens (including phenoxy) is 4. The van der Waals surface area contributed by atoms with E-state index in [1.807, 2.05) is 170 Å². The van der Waals surface area contributed by atoms with Gasteiger partial charge in [-0.1, -0.05) is 218 Å². The van der Waals surface area contributed by atoms with Gasteiger partial charge in [0.05, 0.1) is 0 Å². The van der Waals surface area contributed by atoms with Crippen molar-refractivity contribution in [1.29, 1.82) is 0 Å². The standard InChI is InChI=1S/C64H54Cl4O8/c65-57(47-21-5-1-6-22-47)61(69)73-39-43-17-13-29-51(35-43)55(52-30-14-18-44(36-52)40-74-62(70)58(66)48-23-7-2-8-24-48)33-34-56(53-31-15-19-45(37-53)41-75-63(71)59(67)49-25-9-3-10-26-49)54-32-16-20-46(38-54)42-76-64(72)60(68)50-27-11-4-12-28-50/h1-32,35-38,55-60H,33-34,39-42H2. The number of benzene rings is 8. The first-order chi connectivity index (χ1) is 37.0. The molecule has 8 aromatic carbocycles. The molecular formula is C64H54Cl4O8. The van der Waals surface area contributed by atoms with E-state index in [0.717, 1.165) is 44.5 Å². The maximum Gasteiger partial charge on any atom is 0.328 e. The molecule has 0 aromatic heterocycles. The molecule has 8 nitrogen and oxygen atoms in total. The maximum absolute atomic E-state index is 13.2. The van der Waals surface area contributed by atoms with Crippen LogP contribution < -0.4 is 0 Å². The van der Waals surface area contributed by atoms with Gasteiger partial charge >= 0.3 is 23.9 Å². The molecule has 0 aliphatic heterocycles. The zero-order chi connectivity index (χ0) is 53.2.